The zero-order chi connectivity index (χ0) is 16.9. The van der Waals surface area contributed by atoms with Crippen LogP contribution < -0.4 is 0 Å². The lowest BCUT2D eigenvalue weighted by molar-refractivity contribution is 0.0560. The highest BCUT2D eigenvalue weighted by Gasteiger charge is 2.16. The maximum Gasteiger partial charge on any atom is 0.373 e. The normalized spacial score (nSPS) is 11.1. The Morgan fingerprint density at radius 2 is 1.71 bits per heavy atom. The zero-order valence-corrected chi connectivity index (χ0v) is 13.7. The van der Waals surface area contributed by atoms with Crippen molar-refractivity contribution in [3.8, 4) is 0 Å². The van der Waals surface area contributed by atoms with Gasteiger partial charge < -0.3 is 18.0 Å². The highest BCUT2D eigenvalue weighted by Crippen LogP contribution is 2.18. The number of hydrogen-bond acceptors (Lipinski definition) is 6. The molecule has 3 aromatic rings. The SMILES string of the molecule is COC(=O)c1ccc(CN(Cc2ccco2)Cc2ccc(C)o2)o1. The summed E-state index contributed by atoms with van der Waals surface area (Å²) in [5, 5.41) is 0. The molecule has 0 atom stereocenters. The molecule has 3 aromatic heterocycles. The smallest absolute Gasteiger partial charge is 0.373 e. The van der Waals surface area contributed by atoms with E-state index in [2.05, 4.69) is 9.64 Å². The fourth-order valence-corrected chi connectivity index (χ4v) is 2.47. The Bertz CT molecular complexity index is 784. The van der Waals surface area contributed by atoms with E-state index in [0.717, 1.165) is 17.3 Å². The van der Waals surface area contributed by atoms with E-state index in [4.69, 9.17) is 13.3 Å². The largest absolute Gasteiger partial charge is 0.468 e. The van der Waals surface area contributed by atoms with E-state index in [0.29, 0.717) is 25.4 Å². The minimum absolute atomic E-state index is 0.194. The fraction of sp³-hybridized carbons (Fsp3) is 0.278. The van der Waals surface area contributed by atoms with E-state index in [1.165, 1.54) is 7.11 Å². The molecule has 0 aliphatic heterocycles. The fourth-order valence-electron chi connectivity index (χ4n) is 2.47. The molecule has 0 unspecified atom stereocenters. The van der Waals surface area contributed by atoms with Crippen LogP contribution >= 0.6 is 0 Å². The van der Waals surface area contributed by atoms with Crippen LogP contribution in [-0.2, 0) is 24.4 Å². The number of aryl methyl sites for hydroxylation is 1. The van der Waals surface area contributed by atoms with Crippen LogP contribution in [0.1, 0.15) is 33.6 Å². The highest BCUT2D eigenvalue weighted by molar-refractivity contribution is 5.86. The van der Waals surface area contributed by atoms with Crippen LogP contribution in [0.2, 0.25) is 0 Å². The molecule has 3 heterocycles. The summed E-state index contributed by atoms with van der Waals surface area (Å²) in [6.45, 7) is 3.62. The summed E-state index contributed by atoms with van der Waals surface area (Å²) in [4.78, 5) is 13.6. The lowest BCUT2D eigenvalue weighted by atomic mass is 10.3. The number of furan rings is 3. The molecule has 0 aliphatic carbocycles. The van der Waals surface area contributed by atoms with Crippen molar-refractivity contribution in [2.75, 3.05) is 7.11 Å². The maximum absolute atomic E-state index is 11.5. The Labute approximate surface area is 139 Å². The van der Waals surface area contributed by atoms with Crippen molar-refractivity contribution in [3.05, 3.63) is 71.5 Å². The second kappa shape index (κ2) is 7.23. The Morgan fingerprint density at radius 3 is 2.33 bits per heavy atom. The van der Waals surface area contributed by atoms with Gasteiger partial charge in [0.05, 0.1) is 33.0 Å². The molecule has 0 saturated carbocycles. The molecule has 0 amide bonds. The molecule has 6 heteroatoms. The van der Waals surface area contributed by atoms with Crippen molar-refractivity contribution in [1.29, 1.82) is 0 Å². The molecule has 6 nitrogen and oxygen atoms in total. The van der Waals surface area contributed by atoms with Crippen molar-refractivity contribution >= 4 is 5.97 Å². The Balaban J connectivity index is 1.73. The van der Waals surface area contributed by atoms with E-state index in [-0.39, 0.29) is 5.76 Å². The number of carbonyl (C=O) groups excluding carboxylic acids is 1. The molecule has 0 saturated heterocycles. The molecular formula is C18H19NO5. The van der Waals surface area contributed by atoms with Crippen molar-refractivity contribution in [2.24, 2.45) is 0 Å². The van der Waals surface area contributed by atoms with Gasteiger partial charge in [0.25, 0.3) is 0 Å². The van der Waals surface area contributed by atoms with Gasteiger partial charge in [-0.15, -0.1) is 0 Å². The molecule has 0 fully saturated rings. The highest BCUT2D eigenvalue weighted by atomic mass is 16.5. The zero-order valence-electron chi connectivity index (χ0n) is 13.7. The summed E-state index contributed by atoms with van der Waals surface area (Å²) in [5.41, 5.74) is 0. The third-order valence-corrected chi connectivity index (χ3v) is 3.56. The van der Waals surface area contributed by atoms with E-state index in [1.54, 1.807) is 18.4 Å². The second-order valence-corrected chi connectivity index (χ2v) is 5.49. The third kappa shape index (κ3) is 3.97. The first-order valence-corrected chi connectivity index (χ1v) is 7.61. The number of rotatable bonds is 7. The molecule has 0 spiro atoms. The predicted octanol–water partition coefficient (Wildman–Crippen LogP) is 3.76. The van der Waals surface area contributed by atoms with Crippen LogP contribution in [0, 0.1) is 6.92 Å². The van der Waals surface area contributed by atoms with Gasteiger partial charge in [0.15, 0.2) is 0 Å². The monoisotopic (exact) mass is 329 g/mol. The molecule has 24 heavy (non-hydrogen) atoms. The van der Waals surface area contributed by atoms with Crippen molar-refractivity contribution in [2.45, 2.75) is 26.6 Å². The second-order valence-electron chi connectivity index (χ2n) is 5.49. The van der Waals surface area contributed by atoms with Gasteiger partial charge in [-0.3, -0.25) is 4.90 Å². The van der Waals surface area contributed by atoms with E-state index in [9.17, 15) is 4.79 Å². The van der Waals surface area contributed by atoms with Crippen molar-refractivity contribution in [3.63, 3.8) is 0 Å². The molecule has 0 aliphatic rings. The predicted molar refractivity (Wildman–Crippen MR) is 85.2 cm³/mol. The summed E-state index contributed by atoms with van der Waals surface area (Å²) < 4.78 is 21.3. The van der Waals surface area contributed by atoms with Crippen LogP contribution in [0.4, 0.5) is 0 Å². The average molecular weight is 329 g/mol. The number of ether oxygens (including phenoxy) is 1. The molecule has 126 valence electrons. The minimum atomic E-state index is -0.486. The number of hydrogen-bond donors (Lipinski definition) is 0. The first-order chi connectivity index (χ1) is 11.6. The van der Waals surface area contributed by atoms with Gasteiger partial charge in [-0.25, -0.2) is 4.79 Å². The number of nitrogens with zero attached hydrogens (tertiary/aromatic N) is 1. The lowest BCUT2D eigenvalue weighted by Crippen LogP contribution is -2.21. The first kappa shape index (κ1) is 16.1. The summed E-state index contributed by atoms with van der Waals surface area (Å²) >= 11 is 0. The van der Waals surface area contributed by atoms with E-state index < -0.39 is 5.97 Å². The molecular weight excluding hydrogens is 310 g/mol. The summed E-state index contributed by atoms with van der Waals surface area (Å²) in [5.74, 6) is 2.95. The van der Waals surface area contributed by atoms with Crippen LogP contribution in [0.3, 0.4) is 0 Å². The molecule has 0 N–H and O–H groups in total. The lowest BCUT2D eigenvalue weighted by Gasteiger charge is -2.18. The quantitative estimate of drug-likeness (QED) is 0.615. The van der Waals surface area contributed by atoms with Crippen LogP contribution in [0.5, 0.6) is 0 Å². The Kier molecular flexibility index (Phi) is 4.86. The van der Waals surface area contributed by atoms with Crippen molar-refractivity contribution < 1.29 is 22.8 Å². The summed E-state index contributed by atoms with van der Waals surface area (Å²) in [6.07, 6.45) is 1.65. The number of esters is 1. The number of methoxy groups -OCH3 is 1. The van der Waals surface area contributed by atoms with Crippen LogP contribution in [-0.4, -0.2) is 18.0 Å². The van der Waals surface area contributed by atoms with Gasteiger partial charge in [0.2, 0.25) is 5.76 Å². The average Bonchev–Trinajstić information content (AvgIpc) is 3.30. The van der Waals surface area contributed by atoms with Crippen LogP contribution in [0.15, 0.2) is 55.9 Å². The molecule has 0 radical (unpaired) electrons. The van der Waals surface area contributed by atoms with Gasteiger partial charge in [-0.05, 0) is 43.3 Å². The van der Waals surface area contributed by atoms with E-state index in [1.807, 2.05) is 31.2 Å². The molecule has 0 bridgehead atoms. The van der Waals surface area contributed by atoms with Gasteiger partial charge in [-0.2, -0.15) is 0 Å². The Hall–Kier alpha value is -2.73. The van der Waals surface area contributed by atoms with Gasteiger partial charge in [0.1, 0.15) is 23.0 Å². The maximum atomic E-state index is 11.5. The van der Waals surface area contributed by atoms with Crippen molar-refractivity contribution in [1.82, 2.24) is 4.90 Å². The van der Waals surface area contributed by atoms with Gasteiger partial charge in [-0.1, -0.05) is 0 Å². The van der Waals surface area contributed by atoms with E-state index >= 15 is 0 Å². The minimum Gasteiger partial charge on any atom is -0.468 e. The topological polar surface area (TPSA) is 69.0 Å². The third-order valence-electron chi connectivity index (χ3n) is 3.56. The Morgan fingerprint density at radius 1 is 1.00 bits per heavy atom. The standard InChI is InChI=1S/C18H19NO5/c1-13-5-6-15(23-13)11-19(10-14-4-3-9-22-14)12-16-7-8-17(24-16)18(20)21-2/h3-9H,10-12H2,1-2H3. The van der Waals surface area contributed by atoms with Gasteiger partial charge >= 0.3 is 5.97 Å². The van der Waals surface area contributed by atoms with Gasteiger partial charge in [0, 0.05) is 0 Å². The van der Waals surface area contributed by atoms with Crippen LogP contribution in [0.25, 0.3) is 0 Å². The molecule has 3 rings (SSSR count). The summed E-state index contributed by atoms with van der Waals surface area (Å²) in [6, 6.07) is 11.0. The molecule has 0 aromatic carbocycles. The number of carbonyl (C=O) groups is 1. The summed E-state index contributed by atoms with van der Waals surface area (Å²) in [7, 11) is 1.33. The first-order valence-electron chi connectivity index (χ1n) is 7.61.